The largest absolute Gasteiger partial charge is 0.418 e. The lowest BCUT2D eigenvalue weighted by molar-refractivity contribution is 0.205. The number of nitrogens with one attached hydrogen (secondary N) is 2. The standard InChI is InChI=1S/C18H17N3O4S2/c1-2-21(15(26)19-17(22)24-13-9-5-3-6-10-13)16(27)20-18(23)25-14-11-7-4-8-12-14/h3-12H,2H2,1H3,(H,19,22,26)(H,20,23,27). The van der Waals surface area contributed by atoms with Gasteiger partial charge in [0.15, 0.2) is 10.2 Å². The third-order valence-electron chi connectivity index (χ3n) is 3.13. The molecular formula is C18H17N3O4S2. The SMILES string of the molecule is CCN(C(=S)NC(=O)Oc1ccccc1)C(=S)NC(=O)Oc1ccccc1. The van der Waals surface area contributed by atoms with E-state index in [4.69, 9.17) is 33.9 Å². The molecule has 0 aliphatic carbocycles. The van der Waals surface area contributed by atoms with E-state index in [2.05, 4.69) is 10.6 Å². The number of carbonyl (C=O) groups excluding carboxylic acids is 2. The van der Waals surface area contributed by atoms with E-state index in [1.165, 1.54) is 4.90 Å². The van der Waals surface area contributed by atoms with E-state index >= 15 is 0 Å². The number of amides is 2. The van der Waals surface area contributed by atoms with Crippen molar-refractivity contribution in [1.29, 1.82) is 0 Å². The molecule has 0 radical (unpaired) electrons. The highest BCUT2D eigenvalue weighted by molar-refractivity contribution is 7.81. The van der Waals surface area contributed by atoms with Crippen molar-refractivity contribution in [2.75, 3.05) is 6.54 Å². The number of rotatable bonds is 3. The molecule has 2 amide bonds. The first kappa shape index (κ1) is 20.3. The first-order chi connectivity index (χ1) is 13.0. The van der Waals surface area contributed by atoms with Gasteiger partial charge in [0.05, 0.1) is 0 Å². The van der Waals surface area contributed by atoms with Gasteiger partial charge in [0.1, 0.15) is 11.5 Å². The molecule has 27 heavy (non-hydrogen) atoms. The maximum Gasteiger partial charge on any atom is 0.418 e. The van der Waals surface area contributed by atoms with E-state index in [9.17, 15) is 9.59 Å². The van der Waals surface area contributed by atoms with Crippen LogP contribution in [0, 0.1) is 0 Å². The lowest BCUT2D eigenvalue weighted by Gasteiger charge is -2.23. The van der Waals surface area contributed by atoms with Gasteiger partial charge >= 0.3 is 12.2 Å². The number of carbonyl (C=O) groups is 2. The van der Waals surface area contributed by atoms with Gasteiger partial charge < -0.3 is 9.47 Å². The summed E-state index contributed by atoms with van der Waals surface area (Å²) >= 11 is 10.3. The topological polar surface area (TPSA) is 79.9 Å². The zero-order valence-electron chi connectivity index (χ0n) is 14.4. The molecular weight excluding hydrogens is 386 g/mol. The summed E-state index contributed by atoms with van der Waals surface area (Å²) in [6, 6.07) is 17.1. The molecule has 0 aliphatic rings. The fraction of sp³-hybridized carbons (Fsp3) is 0.111. The van der Waals surface area contributed by atoms with E-state index < -0.39 is 12.2 Å². The van der Waals surface area contributed by atoms with Crippen LogP contribution >= 0.6 is 24.4 Å². The van der Waals surface area contributed by atoms with Crippen LogP contribution < -0.4 is 20.1 Å². The predicted molar refractivity (Wildman–Crippen MR) is 109 cm³/mol. The lowest BCUT2D eigenvalue weighted by Crippen LogP contribution is -2.51. The Kier molecular flexibility index (Phi) is 7.65. The maximum atomic E-state index is 11.9. The normalized spacial score (nSPS) is 9.67. The Morgan fingerprint density at radius 2 is 1.19 bits per heavy atom. The summed E-state index contributed by atoms with van der Waals surface area (Å²) in [6.45, 7) is 2.07. The molecule has 2 N–H and O–H groups in total. The molecule has 0 saturated carbocycles. The van der Waals surface area contributed by atoms with Gasteiger partial charge in [0.25, 0.3) is 0 Å². The average Bonchev–Trinajstić information content (AvgIpc) is 2.63. The van der Waals surface area contributed by atoms with E-state index in [1.54, 1.807) is 67.6 Å². The Bertz CT molecular complexity index is 748. The molecule has 0 fully saturated rings. The highest BCUT2D eigenvalue weighted by atomic mass is 32.1. The Morgan fingerprint density at radius 3 is 1.52 bits per heavy atom. The maximum absolute atomic E-state index is 11.9. The molecule has 0 unspecified atom stereocenters. The van der Waals surface area contributed by atoms with Gasteiger partial charge in [-0.15, -0.1) is 0 Å². The van der Waals surface area contributed by atoms with Crippen molar-refractivity contribution in [1.82, 2.24) is 15.5 Å². The van der Waals surface area contributed by atoms with Crippen molar-refractivity contribution in [3.05, 3.63) is 60.7 Å². The fourth-order valence-electron chi connectivity index (χ4n) is 1.93. The van der Waals surface area contributed by atoms with Gasteiger partial charge in [-0.25, -0.2) is 9.59 Å². The monoisotopic (exact) mass is 403 g/mol. The minimum absolute atomic E-state index is 0.0107. The molecule has 140 valence electrons. The molecule has 2 aromatic rings. The van der Waals surface area contributed by atoms with Crippen LogP contribution in [-0.2, 0) is 0 Å². The Hall–Kier alpha value is -3.04. The van der Waals surface area contributed by atoms with Gasteiger partial charge in [0, 0.05) is 6.54 Å². The molecule has 0 spiro atoms. The molecule has 7 nitrogen and oxygen atoms in total. The van der Waals surface area contributed by atoms with E-state index in [-0.39, 0.29) is 10.2 Å². The fourth-order valence-corrected chi connectivity index (χ4v) is 2.60. The van der Waals surface area contributed by atoms with Crippen molar-refractivity contribution in [2.45, 2.75) is 6.92 Å². The van der Waals surface area contributed by atoms with Gasteiger partial charge in [0.2, 0.25) is 0 Å². The smallest absolute Gasteiger partial charge is 0.410 e. The van der Waals surface area contributed by atoms with Crippen LogP contribution in [0.4, 0.5) is 9.59 Å². The third-order valence-corrected chi connectivity index (χ3v) is 3.78. The lowest BCUT2D eigenvalue weighted by atomic mass is 10.3. The number of nitrogens with zero attached hydrogens (tertiary/aromatic N) is 1. The molecule has 0 atom stereocenters. The summed E-state index contributed by atoms with van der Waals surface area (Å²) in [7, 11) is 0. The second-order valence-corrected chi connectivity index (χ2v) is 5.78. The van der Waals surface area contributed by atoms with Gasteiger partial charge in [-0.3, -0.25) is 15.5 Å². The Balaban J connectivity index is 1.88. The summed E-state index contributed by atoms with van der Waals surface area (Å²) in [5.41, 5.74) is 0. The summed E-state index contributed by atoms with van der Waals surface area (Å²) < 4.78 is 10.2. The van der Waals surface area contributed by atoms with Crippen molar-refractivity contribution in [3.63, 3.8) is 0 Å². The Labute approximate surface area is 167 Å². The second-order valence-electron chi connectivity index (χ2n) is 5.01. The van der Waals surface area contributed by atoms with E-state index in [0.717, 1.165) is 0 Å². The van der Waals surface area contributed by atoms with Crippen molar-refractivity contribution < 1.29 is 19.1 Å². The minimum atomic E-state index is -0.765. The molecule has 0 bridgehead atoms. The van der Waals surface area contributed by atoms with Crippen LogP contribution in [0.3, 0.4) is 0 Å². The molecule has 2 rings (SSSR count). The number of thiocarbonyl (C=S) groups is 2. The summed E-state index contributed by atoms with van der Waals surface area (Å²) in [4.78, 5) is 25.2. The predicted octanol–water partition coefficient (Wildman–Crippen LogP) is 3.46. The quantitative estimate of drug-likeness (QED) is 0.760. The summed E-state index contributed by atoms with van der Waals surface area (Å²) in [5.74, 6) is 0.737. The van der Waals surface area contributed by atoms with Crippen molar-refractivity contribution in [2.24, 2.45) is 0 Å². The van der Waals surface area contributed by atoms with Crippen LogP contribution in [0.1, 0.15) is 6.92 Å². The molecule has 2 aromatic carbocycles. The molecule has 0 saturated heterocycles. The van der Waals surface area contributed by atoms with Crippen LogP contribution in [0.25, 0.3) is 0 Å². The van der Waals surface area contributed by atoms with E-state index in [0.29, 0.717) is 18.0 Å². The zero-order valence-corrected chi connectivity index (χ0v) is 16.0. The second kappa shape index (κ2) is 10.2. The van der Waals surface area contributed by atoms with Gasteiger partial charge in [-0.1, -0.05) is 36.4 Å². The Morgan fingerprint density at radius 1 is 0.815 bits per heavy atom. The molecule has 0 aromatic heterocycles. The van der Waals surface area contributed by atoms with E-state index in [1.807, 2.05) is 0 Å². The summed E-state index contributed by atoms with van der Waals surface area (Å²) in [6.07, 6.45) is -1.53. The molecule has 0 aliphatic heterocycles. The minimum Gasteiger partial charge on any atom is -0.410 e. The number of hydrogen-bond acceptors (Lipinski definition) is 6. The number of benzene rings is 2. The number of ether oxygens (including phenoxy) is 2. The first-order valence-corrected chi connectivity index (χ1v) is 8.74. The molecule has 0 heterocycles. The van der Waals surface area contributed by atoms with Crippen molar-refractivity contribution in [3.8, 4) is 11.5 Å². The third kappa shape index (κ3) is 6.65. The van der Waals surface area contributed by atoms with Crippen molar-refractivity contribution >= 4 is 46.8 Å². The zero-order chi connectivity index (χ0) is 19.6. The highest BCUT2D eigenvalue weighted by Crippen LogP contribution is 2.09. The summed E-state index contributed by atoms with van der Waals surface area (Å²) in [5, 5.41) is 4.78. The van der Waals surface area contributed by atoms with Crippen LogP contribution in [0.2, 0.25) is 0 Å². The number of hydrogen-bond donors (Lipinski definition) is 2. The average molecular weight is 403 g/mol. The van der Waals surface area contributed by atoms with Gasteiger partial charge in [-0.2, -0.15) is 0 Å². The molecule has 9 heteroatoms. The van der Waals surface area contributed by atoms with Crippen LogP contribution in [-0.4, -0.2) is 33.9 Å². The number of para-hydroxylation sites is 2. The highest BCUT2D eigenvalue weighted by Gasteiger charge is 2.19. The first-order valence-electron chi connectivity index (χ1n) is 7.92. The van der Waals surface area contributed by atoms with Crippen LogP contribution in [0.15, 0.2) is 60.7 Å². The van der Waals surface area contributed by atoms with Gasteiger partial charge in [-0.05, 0) is 55.6 Å². The van der Waals surface area contributed by atoms with Crippen LogP contribution in [0.5, 0.6) is 11.5 Å².